The number of amides is 2. The number of nitrogens with zero attached hydrogens (tertiary/aromatic N) is 3. The van der Waals surface area contributed by atoms with Crippen LogP contribution in [0.2, 0.25) is 0 Å². The molecule has 2 aromatic rings. The summed E-state index contributed by atoms with van der Waals surface area (Å²) in [5.41, 5.74) is 1.60. The third kappa shape index (κ3) is 4.67. The van der Waals surface area contributed by atoms with Gasteiger partial charge in [-0.25, -0.2) is 9.48 Å². The third-order valence-corrected chi connectivity index (χ3v) is 5.31. The average molecular weight is 369 g/mol. The number of hydrogen-bond donors (Lipinski definition) is 2. The highest BCUT2D eigenvalue weighted by Crippen LogP contribution is 2.20. The molecule has 1 atom stereocenters. The summed E-state index contributed by atoms with van der Waals surface area (Å²) in [6.45, 7) is 3.95. The van der Waals surface area contributed by atoms with Gasteiger partial charge in [0, 0.05) is 44.7 Å². The second-order valence-corrected chi connectivity index (χ2v) is 7.28. The van der Waals surface area contributed by atoms with Crippen molar-refractivity contribution in [3.8, 4) is 5.69 Å². The number of para-hydroxylation sites is 2. The second-order valence-electron chi connectivity index (χ2n) is 7.28. The molecular weight excluding hydrogens is 342 g/mol. The Morgan fingerprint density at radius 1 is 1.19 bits per heavy atom. The molecule has 2 fully saturated rings. The lowest BCUT2D eigenvalue weighted by Crippen LogP contribution is -2.47. The van der Waals surface area contributed by atoms with Crippen molar-refractivity contribution in [3.05, 3.63) is 42.7 Å². The molecule has 2 aliphatic heterocycles. The van der Waals surface area contributed by atoms with E-state index in [4.69, 9.17) is 4.74 Å². The Hall–Kier alpha value is -2.38. The molecule has 0 radical (unpaired) electrons. The first-order valence-electron chi connectivity index (χ1n) is 9.78. The maximum Gasteiger partial charge on any atom is 0.319 e. The Kier molecular flexibility index (Phi) is 5.69. The quantitative estimate of drug-likeness (QED) is 0.850. The molecule has 7 nitrogen and oxygen atoms in total. The smallest absolute Gasteiger partial charge is 0.319 e. The molecule has 2 amide bonds. The summed E-state index contributed by atoms with van der Waals surface area (Å²) in [6, 6.07) is 9.58. The summed E-state index contributed by atoms with van der Waals surface area (Å²) in [6.07, 6.45) is 8.29. The summed E-state index contributed by atoms with van der Waals surface area (Å²) >= 11 is 0. The minimum Gasteiger partial charge on any atom is -0.377 e. The molecule has 1 unspecified atom stereocenters. The maximum atomic E-state index is 12.5. The third-order valence-electron chi connectivity index (χ3n) is 5.31. The number of nitrogens with one attached hydrogen (secondary N) is 2. The number of aromatic nitrogens is 2. The zero-order chi connectivity index (χ0) is 18.5. The highest BCUT2D eigenvalue weighted by Gasteiger charge is 2.24. The van der Waals surface area contributed by atoms with Crippen molar-refractivity contribution in [2.75, 3.05) is 31.6 Å². The number of benzene rings is 1. The minimum atomic E-state index is -0.160. The van der Waals surface area contributed by atoms with Gasteiger partial charge in [0.1, 0.15) is 0 Å². The van der Waals surface area contributed by atoms with Gasteiger partial charge in [-0.15, -0.1) is 0 Å². The lowest BCUT2D eigenvalue weighted by Gasteiger charge is -2.33. The Balaban J connectivity index is 1.27. The van der Waals surface area contributed by atoms with E-state index in [1.165, 1.54) is 12.8 Å². The Bertz CT molecular complexity index is 735. The highest BCUT2D eigenvalue weighted by molar-refractivity contribution is 5.91. The molecule has 0 spiro atoms. The molecule has 1 aromatic carbocycles. The van der Waals surface area contributed by atoms with E-state index >= 15 is 0 Å². The van der Waals surface area contributed by atoms with Crippen molar-refractivity contribution in [3.63, 3.8) is 0 Å². The van der Waals surface area contributed by atoms with Crippen molar-refractivity contribution in [1.82, 2.24) is 20.0 Å². The molecule has 27 heavy (non-hydrogen) atoms. The number of piperidine rings is 1. The molecule has 2 aliphatic rings. The average Bonchev–Trinajstić information content (AvgIpc) is 3.38. The minimum absolute atomic E-state index is 0.160. The van der Waals surface area contributed by atoms with Gasteiger partial charge in [-0.05, 0) is 43.9 Å². The van der Waals surface area contributed by atoms with Crippen molar-refractivity contribution < 1.29 is 9.53 Å². The molecule has 7 heteroatoms. The van der Waals surface area contributed by atoms with Gasteiger partial charge < -0.3 is 20.3 Å². The van der Waals surface area contributed by atoms with Crippen LogP contribution in [-0.2, 0) is 4.74 Å². The first-order chi connectivity index (χ1) is 13.3. The second kappa shape index (κ2) is 8.54. The summed E-state index contributed by atoms with van der Waals surface area (Å²) in [5, 5.41) is 10.3. The van der Waals surface area contributed by atoms with E-state index in [2.05, 4.69) is 20.6 Å². The molecule has 1 aromatic heterocycles. The van der Waals surface area contributed by atoms with E-state index in [0.717, 1.165) is 50.5 Å². The standard InChI is InChI=1S/C20H27N5O2/c26-20(23-18-6-1-2-7-19(18)25-11-4-10-21-25)22-16-8-12-24(13-9-16)15-17-5-3-14-27-17/h1-2,4,6-7,10-11,16-17H,3,5,8-9,12-15H2,(H2,22,23,26). The van der Waals surface area contributed by atoms with Gasteiger partial charge >= 0.3 is 6.03 Å². The zero-order valence-corrected chi connectivity index (χ0v) is 15.5. The summed E-state index contributed by atoms with van der Waals surface area (Å²) in [5.74, 6) is 0. The molecule has 2 N–H and O–H groups in total. The van der Waals surface area contributed by atoms with Crippen molar-refractivity contribution in [1.29, 1.82) is 0 Å². The van der Waals surface area contributed by atoms with Gasteiger partial charge in [0.25, 0.3) is 0 Å². The van der Waals surface area contributed by atoms with E-state index in [0.29, 0.717) is 6.10 Å². The number of anilines is 1. The van der Waals surface area contributed by atoms with Crippen LogP contribution in [0.3, 0.4) is 0 Å². The molecule has 0 bridgehead atoms. The van der Waals surface area contributed by atoms with Crippen LogP contribution in [0.1, 0.15) is 25.7 Å². The molecule has 2 saturated heterocycles. The van der Waals surface area contributed by atoms with E-state index < -0.39 is 0 Å². The van der Waals surface area contributed by atoms with Gasteiger partial charge in [0.2, 0.25) is 0 Å². The van der Waals surface area contributed by atoms with Crippen molar-refractivity contribution in [2.45, 2.75) is 37.8 Å². The molecule has 144 valence electrons. The van der Waals surface area contributed by atoms with E-state index in [9.17, 15) is 4.79 Å². The largest absolute Gasteiger partial charge is 0.377 e. The first kappa shape index (κ1) is 18.0. The summed E-state index contributed by atoms with van der Waals surface area (Å²) in [4.78, 5) is 14.9. The van der Waals surface area contributed by atoms with Gasteiger partial charge in [0.15, 0.2) is 0 Å². The topological polar surface area (TPSA) is 71.4 Å². The zero-order valence-electron chi connectivity index (χ0n) is 15.5. The molecule has 3 heterocycles. The number of ether oxygens (including phenoxy) is 1. The number of carbonyl (C=O) groups is 1. The Morgan fingerprint density at radius 2 is 2.04 bits per heavy atom. The van der Waals surface area contributed by atoms with Crippen LogP contribution >= 0.6 is 0 Å². The molecule has 4 rings (SSSR count). The van der Waals surface area contributed by atoms with Crippen LogP contribution in [0, 0.1) is 0 Å². The number of urea groups is 1. The van der Waals surface area contributed by atoms with Crippen LogP contribution in [-0.4, -0.2) is 59.1 Å². The van der Waals surface area contributed by atoms with Crippen LogP contribution in [0.4, 0.5) is 10.5 Å². The molecular formula is C20H27N5O2. The van der Waals surface area contributed by atoms with Crippen molar-refractivity contribution >= 4 is 11.7 Å². The SMILES string of the molecule is O=C(Nc1ccccc1-n1cccn1)NC1CCN(CC2CCCO2)CC1. The number of rotatable bonds is 5. The Labute approximate surface area is 159 Å². The lowest BCUT2D eigenvalue weighted by atomic mass is 10.0. The molecule has 0 aliphatic carbocycles. The fourth-order valence-corrected chi connectivity index (χ4v) is 3.87. The van der Waals surface area contributed by atoms with Crippen molar-refractivity contribution in [2.24, 2.45) is 0 Å². The number of carbonyl (C=O) groups excluding carboxylic acids is 1. The van der Waals surface area contributed by atoms with Gasteiger partial charge in [-0.1, -0.05) is 12.1 Å². The van der Waals surface area contributed by atoms with Gasteiger partial charge in [0.05, 0.1) is 17.5 Å². The van der Waals surface area contributed by atoms with Gasteiger partial charge in [-0.2, -0.15) is 5.10 Å². The predicted octanol–water partition coefficient (Wildman–Crippen LogP) is 2.64. The van der Waals surface area contributed by atoms with Crippen LogP contribution < -0.4 is 10.6 Å². The van der Waals surface area contributed by atoms with E-state index in [-0.39, 0.29) is 12.1 Å². The van der Waals surface area contributed by atoms with E-state index in [1.54, 1.807) is 10.9 Å². The fourth-order valence-electron chi connectivity index (χ4n) is 3.87. The predicted molar refractivity (Wildman–Crippen MR) is 104 cm³/mol. The Morgan fingerprint density at radius 3 is 2.78 bits per heavy atom. The van der Waals surface area contributed by atoms with Crippen LogP contribution in [0.15, 0.2) is 42.7 Å². The first-order valence-corrected chi connectivity index (χ1v) is 9.78. The van der Waals surface area contributed by atoms with Crippen LogP contribution in [0.5, 0.6) is 0 Å². The fraction of sp³-hybridized carbons (Fsp3) is 0.500. The van der Waals surface area contributed by atoms with E-state index in [1.807, 2.05) is 36.5 Å². The highest BCUT2D eigenvalue weighted by atomic mass is 16.5. The molecule has 0 saturated carbocycles. The van der Waals surface area contributed by atoms with Gasteiger partial charge in [-0.3, -0.25) is 0 Å². The number of hydrogen-bond acceptors (Lipinski definition) is 4. The van der Waals surface area contributed by atoms with Crippen LogP contribution in [0.25, 0.3) is 5.69 Å². The monoisotopic (exact) mass is 369 g/mol. The number of likely N-dealkylation sites (tertiary alicyclic amines) is 1. The lowest BCUT2D eigenvalue weighted by molar-refractivity contribution is 0.0633. The summed E-state index contributed by atoms with van der Waals surface area (Å²) < 4.78 is 7.48. The maximum absolute atomic E-state index is 12.5. The normalized spacial score (nSPS) is 21.3. The summed E-state index contributed by atoms with van der Waals surface area (Å²) in [7, 11) is 0.